The maximum Gasteiger partial charge on any atom is 0.328 e. The van der Waals surface area contributed by atoms with E-state index in [0.29, 0.717) is 11.8 Å². The molecule has 1 unspecified atom stereocenters. The van der Waals surface area contributed by atoms with E-state index >= 15 is 0 Å². The molecule has 4 heteroatoms. The number of carbonyl (C=O) groups is 1. The van der Waals surface area contributed by atoms with Crippen LogP contribution in [0.4, 0.5) is 0 Å². The summed E-state index contributed by atoms with van der Waals surface area (Å²) in [6.07, 6.45) is 6.55. The molecule has 0 bridgehead atoms. The molecule has 1 N–H and O–H groups in total. The van der Waals surface area contributed by atoms with Crippen molar-refractivity contribution in [1.29, 1.82) is 0 Å². The van der Waals surface area contributed by atoms with Crippen molar-refractivity contribution in [3.05, 3.63) is 35.4 Å². The molecule has 0 spiro atoms. The Hall–Kier alpha value is -1.81. The van der Waals surface area contributed by atoms with Crippen LogP contribution in [0.1, 0.15) is 37.3 Å². The lowest BCUT2D eigenvalue weighted by Gasteiger charge is -2.33. The second kappa shape index (κ2) is 7.27. The number of likely N-dealkylation sites (tertiary alicyclic amines) is 1. The molecule has 1 aromatic rings. The van der Waals surface area contributed by atoms with Crippen LogP contribution in [-0.2, 0) is 11.3 Å². The van der Waals surface area contributed by atoms with Gasteiger partial charge in [0.15, 0.2) is 0 Å². The number of hydrogen-bond acceptors (Lipinski definition) is 3. The lowest BCUT2D eigenvalue weighted by molar-refractivity contribution is -0.131. The minimum Gasteiger partial charge on any atom is -0.496 e. The largest absolute Gasteiger partial charge is 0.496 e. The number of carboxylic acids is 1. The summed E-state index contributed by atoms with van der Waals surface area (Å²) in [6, 6.07) is 6.59. The number of piperidine rings is 1. The fraction of sp³-hybridized carbons (Fsp3) is 0.471. The van der Waals surface area contributed by atoms with E-state index in [1.165, 1.54) is 24.8 Å². The Morgan fingerprint density at radius 3 is 2.95 bits per heavy atom. The Labute approximate surface area is 126 Å². The summed E-state index contributed by atoms with van der Waals surface area (Å²) in [7, 11) is 1.60. The SMILES string of the molecule is COc1ccc(CN2CCCCC2C)cc1C=CC(=O)O. The van der Waals surface area contributed by atoms with Gasteiger partial charge in [-0.25, -0.2) is 4.79 Å². The molecule has 4 nitrogen and oxygen atoms in total. The maximum atomic E-state index is 10.7. The van der Waals surface area contributed by atoms with Crippen LogP contribution in [0.2, 0.25) is 0 Å². The van der Waals surface area contributed by atoms with Crippen LogP contribution in [0.5, 0.6) is 5.75 Å². The molecule has 1 fully saturated rings. The van der Waals surface area contributed by atoms with Gasteiger partial charge in [0.05, 0.1) is 7.11 Å². The van der Waals surface area contributed by atoms with Crippen LogP contribution >= 0.6 is 0 Å². The molecule has 0 saturated carbocycles. The number of benzene rings is 1. The first-order valence-electron chi connectivity index (χ1n) is 7.42. The molecule has 0 radical (unpaired) electrons. The van der Waals surface area contributed by atoms with E-state index in [9.17, 15) is 4.79 Å². The summed E-state index contributed by atoms with van der Waals surface area (Å²) < 4.78 is 5.29. The second-order valence-electron chi connectivity index (χ2n) is 5.56. The zero-order chi connectivity index (χ0) is 15.2. The first kappa shape index (κ1) is 15.6. The molecule has 114 valence electrons. The maximum absolute atomic E-state index is 10.7. The zero-order valence-electron chi connectivity index (χ0n) is 12.7. The minimum absolute atomic E-state index is 0.610. The molecule has 1 saturated heterocycles. The highest BCUT2D eigenvalue weighted by Crippen LogP contribution is 2.24. The Kier molecular flexibility index (Phi) is 5.39. The number of ether oxygens (including phenoxy) is 1. The fourth-order valence-electron chi connectivity index (χ4n) is 2.80. The van der Waals surface area contributed by atoms with Crippen molar-refractivity contribution in [2.24, 2.45) is 0 Å². The Morgan fingerprint density at radius 1 is 1.48 bits per heavy atom. The number of methoxy groups -OCH3 is 1. The van der Waals surface area contributed by atoms with E-state index in [0.717, 1.165) is 24.7 Å². The van der Waals surface area contributed by atoms with Crippen LogP contribution in [0.15, 0.2) is 24.3 Å². The number of rotatable bonds is 5. The number of nitrogens with zero attached hydrogens (tertiary/aromatic N) is 1. The van der Waals surface area contributed by atoms with E-state index < -0.39 is 5.97 Å². The van der Waals surface area contributed by atoms with Crippen molar-refractivity contribution in [1.82, 2.24) is 4.90 Å². The van der Waals surface area contributed by atoms with Gasteiger partial charge in [-0.3, -0.25) is 4.90 Å². The molecule has 1 aliphatic rings. The number of aliphatic carboxylic acids is 1. The highest BCUT2D eigenvalue weighted by molar-refractivity contribution is 5.85. The lowest BCUT2D eigenvalue weighted by atomic mass is 10.0. The van der Waals surface area contributed by atoms with Gasteiger partial charge in [0.2, 0.25) is 0 Å². The lowest BCUT2D eigenvalue weighted by Crippen LogP contribution is -2.36. The van der Waals surface area contributed by atoms with E-state index in [2.05, 4.69) is 17.9 Å². The summed E-state index contributed by atoms with van der Waals surface area (Å²) in [5.74, 6) is -0.255. The molecule has 0 aliphatic carbocycles. The van der Waals surface area contributed by atoms with E-state index in [1.807, 2.05) is 12.1 Å². The van der Waals surface area contributed by atoms with Crippen molar-refractivity contribution >= 4 is 12.0 Å². The summed E-state index contributed by atoms with van der Waals surface area (Å²) in [5.41, 5.74) is 2.00. The summed E-state index contributed by atoms with van der Waals surface area (Å²) in [4.78, 5) is 13.2. The normalized spacial score (nSPS) is 19.8. The van der Waals surface area contributed by atoms with Crippen molar-refractivity contribution < 1.29 is 14.6 Å². The first-order valence-corrected chi connectivity index (χ1v) is 7.42. The first-order chi connectivity index (χ1) is 10.1. The molecule has 0 aromatic heterocycles. The van der Waals surface area contributed by atoms with Gasteiger partial charge in [-0.2, -0.15) is 0 Å². The smallest absolute Gasteiger partial charge is 0.328 e. The van der Waals surface area contributed by atoms with Crippen LogP contribution in [0.3, 0.4) is 0 Å². The third-order valence-corrected chi connectivity index (χ3v) is 4.03. The van der Waals surface area contributed by atoms with E-state index in [-0.39, 0.29) is 0 Å². The van der Waals surface area contributed by atoms with Gasteiger partial charge in [0.1, 0.15) is 5.75 Å². The van der Waals surface area contributed by atoms with Gasteiger partial charge in [0.25, 0.3) is 0 Å². The average Bonchev–Trinajstić information content (AvgIpc) is 2.47. The molecule has 1 aliphatic heterocycles. The number of hydrogen-bond donors (Lipinski definition) is 1. The number of carboxylic acid groups (broad SMARTS) is 1. The van der Waals surface area contributed by atoms with Crippen LogP contribution in [-0.4, -0.2) is 35.7 Å². The van der Waals surface area contributed by atoms with Gasteiger partial charge in [0, 0.05) is 24.2 Å². The van der Waals surface area contributed by atoms with Gasteiger partial charge in [-0.05, 0) is 50.1 Å². The Morgan fingerprint density at radius 2 is 2.29 bits per heavy atom. The Bertz CT molecular complexity index is 525. The van der Waals surface area contributed by atoms with Crippen molar-refractivity contribution in [2.45, 2.75) is 38.8 Å². The molecule has 2 rings (SSSR count). The quantitative estimate of drug-likeness (QED) is 0.846. The van der Waals surface area contributed by atoms with Crippen molar-refractivity contribution in [2.75, 3.05) is 13.7 Å². The van der Waals surface area contributed by atoms with E-state index in [1.54, 1.807) is 13.2 Å². The molecular weight excluding hydrogens is 266 g/mol. The molecule has 1 aromatic carbocycles. The highest BCUT2D eigenvalue weighted by Gasteiger charge is 2.18. The molecule has 21 heavy (non-hydrogen) atoms. The standard InChI is InChI=1S/C17H23NO3/c1-13-5-3-4-10-18(13)12-14-6-8-16(21-2)15(11-14)7-9-17(19)20/h6-9,11,13H,3-5,10,12H2,1-2H3,(H,19,20). The van der Waals surface area contributed by atoms with Gasteiger partial charge < -0.3 is 9.84 Å². The van der Waals surface area contributed by atoms with Gasteiger partial charge >= 0.3 is 5.97 Å². The monoisotopic (exact) mass is 289 g/mol. The van der Waals surface area contributed by atoms with Crippen LogP contribution < -0.4 is 4.74 Å². The van der Waals surface area contributed by atoms with Crippen molar-refractivity contribution in [3.63, 3.8) is 0 Å². The minimum atomic E-state index is -0.952. The fourth-order valence-corrected chi connectivity index (χ4v) is 2.80. The Balaban J connectivity index is 2.16. The zero-order valence-corrected chi connectivity index (χ0v) is 12.7. The highest BCUT2D eigenvalue weighted by atomic mass is 16.5. The molecule has 1 heterocycles. The van der Waals surface area contributed by atoms with Crippen molar-refractivity contribution in [3.8, 4) is 5.75 Å². The molecule has 0 amide bonds. The van der Waals surface area contributed by atoms with Gasteiger partial charge in [-0.1, -0.05) is 12.5 Å². The summed E-state index contributed by atoms with van der Waals surface area (Å²) in [6.45, 7) is 4.31. The van der Waals surface area contributed by atoms with Crippen LogP contribution in [0.25, 0.3) is 6.08 Å². The topological polar surface area (TPSA) is 49.8 Å². The summed E-state index contributed by atoms with van der Waals surface area (Å²) in [5, 5.41) is 8.77. The molecular formula is C17H23NO3. The van der Waals surface area contributed by atoms with E-state index in [4.69, 9.17) is 9.84 Å². The predicted octanol–water partition coefficient (Wildman–Crippen LogP) is 3.17. The predicted molar refractivity (Wildman–Crippen MR) is 83.4 cm³/mol. The average molecular weight is 289 g/mol. The van der Waals surface area contributed by atoms with Crippen LogP contribution in [0, 0.1) is 0 Å². The third-order valence-electron chi connectivity index (χ3n) is 4.03. The second-order valence-corrected chi connectivity index (χ2v) is 5.56. The molecule has 1 atom stereocenters. The third kappa shape index (κ3) is 4.33. The summed E-state index contributed by atoms with van der Waals surface area (Å²) >= 11 is 0. The van der Waals surface area contributed by atoms with Gasteiger partial charge in [-0.15, -0.1) is 0 Å².